The number of rotatable bonds is 3. The third kappa shape index (κ3) is 2.74. The van der Waals surface area contributed by atoms with E-state index in [0.717, 1.165) is 12.0 Å². The average molecular weight is 263 g/mol. The van der Waals surface area contributed by atoms with Crippen molar-refractivity contribution in [1.82, 2.24) is 4.81 Å². The van der Waals surface area contributed by atoms with Crippen molar-refractivity contribution in [2.24, 2.45) is 0 Å². The second-order valence-electron chi connectivity index (χ2n) is 4.80. The molecule has 1 aromatic carbocycles. The Kier molecular flexibility index (Phi) is 4.12. The predicted octanol–water partition coefficient (Wildman–Crippen LogP) is 1.18. The van der Waals surface area contributed by atoms with Gasteiger partial charge >= 0.3 is 13.0 Å². The van der Waals surface area contributed by atoms with E-state index in [1.165, 1.54) is 7.11 Å². The van der Waals surface area contributed by atoms with Crippen LogP contribution in [-0.4, -0.2) is 41.1 Å². The zero-order valence-corrected chi connectivity index (χ0v) is 11.1. The molecule has 1 fully saturated rings. The first-order valence-corrected chi connectivity index (χ1v) is 6.37. The molecule has 2 atom stereocenters. The molecule has 2 N–H and O–H groups in total. The molecule has 0 aliphatic carbocycles. The van der Waals surface area contributed by atoms with Crippen LogP contribution in [0.25, 0.3) is 0 Å². The van der Waals surface area contributed by atoms with Crippen molar-refractivity contribution in [1.29, 1.82) is 0 Å². The summed E-state index contributed by atoms with van der Waals surface area (Å²) < 4.78 is 4.79. The van der Waals surface area contributed by atoms with Crippen molar-refractivity contribution in [3.63, 3.8) is 0 Å². The van der Waals surface area contributed by atoms with E-state index in [-0.39, 0.29) is 17.8 Å². The van der Waals surface area contributed by atoms with Crippen molar-refractivity contribution < 1.29 is 19.7 Å². The second kappa shape index (κ2) is 5.63. The van der Waals surface area contributed by atoms with Gasteiger partial charge in [-0.1, -0.05) is 12.1 Å². The smallest absolute Gasteiger partial charge is 0.377 e. The normalized spacial score (nSPS) is 23.3. The van der Waals surface area contributed by atoms with E-state index in [1.807, 2.05) is 12.1 Å². The van der Waals surface area contributed by atoms with Gasteiger partial charge in [0.15, 0.2) is 0 Å². The van der Waals surface area contributed by atoms with E-state index in [4.69, 9.17) is 4.74 Å². The number of nitrogens with zero attached hydrogens (tertiary/aromatic N) is 1. The highest BCUT2D eigenvalue weighted by atomic mass is 16.5. The standard InChI is InChI=1S/C13H18BNO4/c1-14(18)15-11(7-8-12(15)13(17)19-2)9-3-5-10(16)6-4-9/h3-6,11-12,16,18H,7-8H2,1-2H3/t11-,12+/m1/s1. The number of aromatic hydroxyl groups is 1. The van der Waals surface area contributed by atoms with Gasteiger partial charge in [0.2, 0.25) is 0 Å². The van der Waals surface area contributed by atoms with Crippen LogP contribution in [0.3, 0.4) is 0 Å². The lowest BCUT2D eigenvalue weighted by Gasteiger charge is -2.29. The first-order valence-electron chi connectivity index (χ1n) is 6.37. The summed E-state index contributed by atoms with van der Waals surface area (Å²) in [5.74, 6) is -0.114. The molecule has 0 radical (unpaired) electrons. The summed E-state index contributed by atoms with van der Waals surface area (Å²) in [6.45, 7) is 1.65. The SMILES string of the molecule is COC(=O)[C@@H]1CC[C@H](c2ccc(O)cc2)N1B(C)O. The molecule has 0 aromatic heterocycles. The van der Waals surface area contributed by atoms with Crippen molar-refractivity contribution in [2.45, 2.75) is 31.7 Å². The molecule has 1 aliphatic heterocycles. The molecule has 1 heterocycles. The predicted molar refractivity (Wildman–Crippen MR) is 71.6 cm³/mol. The van der Waals surface area contributed by atoms with E-state index in [0.29, 0.717) is 6.42 Å². The van der Waals surface area contributed by atoms with Crippen LogP contribution in [0.1, 0.15) is 24.4 Å². The Morgan fingerprint density at radius 1 is 1.37 bits per heavy atom. The number of methoxy groups -OCH3 is 1. The third-order valence-corrected chi connectivity index (χ3v) is 3.62. The van der Waals surface area contributed by atoms with Crippen molar-refractivity contribution in [3.05, 3.63) is 29.8 Å². The average Bonchev–Trinajstić information content (AvgIpc) is 2.83. The summed E-state index contributed by atoms with van der Waals surface area (Å²) in [4.78, 5) is 13.5. The molecule has 1 aromatic rings. The van der Waals surface area contributed by atoms with E-state index in [2.05, 4.69) is 0 Å². The van der Waals surface area contributed by atoms with Crippen LogP contribution in [0.4, 0.5) is 0 Å². The Labute approximate surface area is 112 Å². The Morgan fingerprint density at radius 3 is 2.53 bits per heavy atom. The molecule has 0 bridgehead atoms. The first-order chi connectivity index (χ1) is 9.04. The van der Waals surface area contributed by atoms with Crippen LogP contribution in [0, 0.1) is 0 Å². The number of phenolic OH excluding ortho intramolecular Hbond substituents is 1. The zero-order valence-electron chi connectivity index (χ0n) is 11.1. The van der Waals surface area contributed by atoms with Gasteiger partial charge in [0.05, 0.1) is 7.11 Å². The van der Waals surface area contributed by atoms with Crippen molar-refractivity contribution in [2.75, 3.05) is 7.11 Å². The molecule has 6 heteroatoms. The van der Waals surface area contributed by atoms with Gasteiger partial charge in [-0.15, -0.1) is 0 Å². The summed E-state index contributed by atoms with van der Waals surface area (Å²) in [6.07, 6.45) is 1.43. The number of ether oxygens (including phenoxy) is 1. The van der Waals surface area contributed by atoms with Crippen LogP contribution < -0.4 is 0 Å². The monoisotopic (exact) mass is 263 g/mol. The second-order valence-corrected chi connectivity index (χ2v) is 4.80. The minimum absolute atomic E-state index is 0.0373. The highest BCUT2D eigenvalue weighted by Crippen LogP contribution is 2.37. The van der Waals surface area contributed by atoms with Gasteiger partial charge in [-0.25, -0.2) is 0 Å². The molecule has 2 rings (SSSR count). The largest absolute Gasteiger partial charge is 0.508 e. The molecule has 0 unspecified atom stereocenters. The molecule has 0 spiro atoms. The van der Waals surface area contributed by atoms with Crippen molar-refractivity contribution >= 4 is 13.0 Å². The first kappa shape index (κ1) is 13.9. The van der Waals surface area contributed by atoms with Crippen molar-refractivity contribution in [3.8, 4) is 5.75 Å². The Balaban J connectivity index is 2.26. The topological polar surface area (TPSA) is 70.0 Å². The van der Waals surface area contributed by atoms with Gasteiger partial charge in [0.25, 0.3) is 0 Å². The fraction of sp³-hybridized carbons (Fsp3) is 0.462. The Morgan fingerprint density at radius 2 is 2.00 bits per heavy atom. The van der Waals surface area contributed by atoms with Crippen LogP contribution >= 0.6 is 0 Å². The van der Waals surface area contributed by atoms with Gasteiger partial charge in [0, 0.05) is 6.04 Å². The number of carbonyl (C=O) groups is 1. The summed E-state index contributed by atoms with van der Waals surface area (Å²) in [6, 6.07) is 6.40. The van der Waals surface area contributed by atoms with Gasteiger partial charge in [-0.2, -0.15) is 0 Å². The molecule has 0 saturated carbocycles. The number of benzene rings is 1. The lowest BCUT2D eigenvalue weighted by Crippen LogP contribution is -2.46. The molecule has 1 aliphatic rings. The lowest BCUT2D eigenvalue weighted by atomic mass is 9.81. The Bertz CT molecular complexity index is 448. The number of hydrogen-bond acceptors (Lipinski definition) is 5. The van der Waals surface area contributed by atoms with Gasteiger partial charge in [0.1, 0.15) is 11.8 Å². The molecular weight excluding hydrogens is 245 g/mol. The highest BCUT2D eigenvalue weighted by molar-refractivity contribution is 6.46. The quantitative estimate of drug-likeness (QED) is 0.633. The number of hydrogen-bond donors (Lipinski definition) is 2. The number of phenols is 1. The fourth-order valence-corrected chi connectivity index (χ4v) is 2.76. The van der Waals surface area contributed by atoms with E-state index < -0.39 is 13.1 Å². The summed E-state index contributed by atoms with van der Waals surface area (Å²) >= 11 is 0. The third-order valence-electron chi connectivity index (χ3n) is 3.62. The number of carbonyl (C=O) groups excluding carboxylic acids is 1. The minimum atomic E-state index is -0.731. The van der Waals surface area contributed by atoms with Crippen LogP contribution in [0.15, 0.2) is 24.3 Å². The minimum Gasteiger partial charge on any atom is -0.508 e. The van der Waals surface area contributed by atoms with Crippen LogP contribution in [0.5, 0.6) is 5.75 Å². The molecular formula is C13H18BNO4. The fourth-order valence-electron chi connectivity index (χ4n) is 2.76. The molecule has 1 saturated heterocycles. The zero-order chi connectivity index (χ0) is 14.0. The highest BCUT2D eigenvalue weighted by Gasteiger charge is 2.42. The van der Waals surface area contributed by atoms with E-state index in [1.54, 1.807) is 23.8 Å². The maximum Gasteiger partial charge on any atom is 0.377 e. The summed E-state index contributed by atoms with van der Waals surface area (Å²) in [5, 5.41) is 19.2. The van der Waals surface area contributed by atoms with Gasteiger partial charge in [-0.05, 0) is 37.4 Å². The Hall–Kier alpha value is -1.53. The summed E-state index contributed by atoms with van der Waals surface area (Å²) in [7, 11) is 0.626. The summed E-state index contributed by atoms with van der Waals surface area (Å²) in [5.41, 5.74) is 0.977. The lowest BCUT2D eigenvalue weighted by molar-refractivity contribution is -0.144. The molecule has 19 heavy (non-hydrogen) atoms. The molecule has 102 valence electrons. The maximum atomic E-state index is 11.7. The maximum absolute atomic E-state index is 11.7. The van der Waals surface area contributed by atoms with E-state index in [9.17, 15) is 14.9 Å². The van der Waals surface area contributed by atoms with Crippen LogP contribution in [-0.2, 0) is 9.53 Å². The molecule has 0 amide bonds. The van der Waals surface area contributed by atoms with Gasteiger partial charge in [-0.3, -0.25) is 9.61 Å². The molecule has 5 nitrogen and oxygen atoms in total. The van der Waals surface area contributed by atoms with Gasteiger partial charge < -0.3 is 14.9 Å². The van der Waals surface area contributed by atoms with E-state index >= 15 is 0 Å². The number of esters is 1. The van der Waals surface area contributed by atoms with Crippen LogP contribution in [0.2, 0.25) is 6.82 Å².